The fourth-order valence-corrected chi connectivity index (χ4v) is 0.854. The minimum atomic E-state index is -3.95. The lowest BCUT2D eigenvalue weighted by atomic mass is 10.3. The molecule has 1 atom stereocenters. The topological polar surface area (TPSA) is 118 Å². The highest BCUT2D eigenvalue weighted by atomic mass is 32.2. The van der Waals surface area contributed by atoms with Crippen LogP contribution >= 0.6 is 0 Å². The van der Waals surface area contributed by atoms with Crippen LogP contribution in [0.4, 0.5) is 0 Å². The van der Waals surface area contributed by atoms with Crippen LogP contribution in [0.2, 0.25) is 0 Å². The summed E-state index contributed by atoms with van der Waals surface area (Å²) in [5.74, 6) is -2.93. The summed E-state index contributed by atoms with van der Waals surface area (Å²) in [6, 6.07) is 0. The number of aliphatic hydroxyl groups is 1. The summed E-state index contributed by atoms with van der Waals surface area (Å²) in [6.45, 7) is 0. The monoisotopic (exact) mass is 212 g/mol. The molecule has 0 fully saturated rings. The quantitative estimate of drug-likeness (QED) is 0.534. The van der Waals surface area contributed by atoms with Gasteiger partial charge in [0.1, 0.15) is 0 Å². The SMILES string of the molecule is CS(=O)(=O)OC(=O)CC(O)C(=O)O. The molecule has 0 aliphatic rings. The molecule has 76 valence electrons. The molecule has 0 aliphatic heterocycles. The molecule has 0 rings (SSSR count). The van der Waals surface area contributed by atoms with Gasteiger partial charge in [-0.1, -0.05) is 0 Å². The van der Waals surface area contributed by atoms with Crippen molar-refractivity contribution in [3.05, 3.63) is 0 Å². The maximum Gasteiger partial charge on any atom is 0.333 e. The fraction of sp³-hybridized carbons (Fsp3) is 0.600. The third-order valence-corrected chi connectivity index (χ3v) is 1.38. The lowest BCUT2D eigenvalue weighted by molar-refractivity contribution is -0.151. The standard InChI is InChI=1S/C5H8O7S/c1-13(10,11)12-4(7)2-3(6)5(8)9/h3,6H,2H2,1H3,(H,8,9). The molecule has 0 aromatic rings. The lowest BCUT2D eigenvalue weighted by Crippen LogP contribution is -2.25. The normalized spacial score (nSPS) is 13.4. The summed E-state index contributed by atoms with van der Waals surface area (Å²) in [6.07, 6.45) is -2.21. The number of carboxylic acids is 1. The molecule has 0 saturated carbocycles. The van der Waals surface area contributed by atoms with E-state index in [0.717, 1.165) is 0 Å². The number of carbonyl (C=O) groups excluding carboxylic acids is 1. The van der Waals surface area contributed by atoms with E-state index in [2.05, 4.69) is 4.18 Å². The number of aliphatic hydroxyl groups excluding tert-OH is 1. The number of carbonyl (C=O) groups is 2. The van der Waals surface area contributed by atoms with Crippen LogP contribution in [0.5, 0.6) is 0 Å². The van der Waals surface area contributed by atoms with Crippen LogP contribution in [0.3, 0.4) is 0 Å². The van der Waals surface area contributed by atoms with Gasteiger partial charge in [-0.2, -0.15) is 8.42 Å². The van der Waals surface area contributed by atoms with E-state index in [-0.39, 0.29) is 0 Å². The maximum atomic E-state index is 10.5. The highest BCUT2D eigenvalue weighted by Gasteiger charge is 2.21. The van der Waals surface area contributed by atoms with Gasteiger partial charge in [0.25, 0.3) is 0 Å². The average Bonchev–Trinajstić information content (AvgIpc) is 1.81. The molecule has 0 aliphatic carbocycles. The Morgan fingerprint density at radius 3 is 2.23 bits per heavy atom. The van der Waals surface area contributed by atoms with Gasteiger partial charge in [-0.15, -0.1) is 0 Å². The molecule has 0 amide bonds. The molecular weight excluding hydrogens is 204 g/mol. The zero-order chi connectivity index (χ0) is 10.6. The van der Waals surface area contributed by atoms with Crippen LogP contribution in [0.1, 0.15) is 6.42 Å². The van der Waals surface area contributed by atoms with Gasteiger partial charge < -0.3 is 14.4 Å². The average molecular weight is 212 g/mol. The zero-order valence-corrected chi connectivity index (χ0v) is 7.44. The molecule has 13 heavy (non-hydrogen) atoms. The van der Waals surface area contributed by atoms with Crippen molar-refractivity contribution in [2.75, 3.05) is 6.26 Å². The second kappa shape index (κ2) is 4.19. The highest BCUT2D eigenvalue weighted by molar-refractivity contribution is 7.86. The minimum absolute atomic E-state index is 0.637. The molecule has 2 N–H and O–H groups in total. The first-order chi connectivity index (χ1) is 5.72. The molecule has 0 aromatic carbocycles. The second-order valence-electron chi connectivity index (χ2n) is 2.22. The largest absolute Gasteiger partial charge is 0.479 e. The fourth-order valence-electron chi connectivity index (χ4n) is 0.448. The van der Waals surface area contributed by atoms with E-state index in [1.54, 1.807) is 0 Å². The van der Waals surface area contributed by atoms with E-state index in [1.807, 2.05) is 0 Å². The van der Waals surface area contributed by atoms with Gasteiger partial charge in [0.2, 0.25) is 0 Å². The van der Waals surface area contributed by atoms with Crippen LogP contribution in [-0.4, -0.2) is 42.9 Å². The van der Waals surface area contributed by atoms with Gasteiger partial charge in [-0.05, 0) is 0 Å². The summed E-state index contributed by atoms with van der Waals surface area (Å²) in [7, 11) is -3.95. The molecule has 0 heterocycles. The molecule has 7 nitrogen and oxygen atoms in total. The smallest absolute Gasteiger partial charge is 0.333 e. The molecule has 1 unspecified atom stereocenters. The van der Waals surface area contributed by atoms with Crippen LogP contribution in [0.25, 0.3) is 0 Å². The van der Waals surface area contributed by atoms with Crippen molar-refractivity contribution in [1.82, 2.24) is 0 Å². The molecule has 0 aromatic heterocycles. The Morgan fingerprint density at radius 1 is 1.46 bits per heavy atom. The van der Waals surface area contributed by atoms with Crippen LogP contribution in [0, 0.1) is 0 Å². The van der Waals surface area contributed by atoms with Gasteiger partial charge in [0.05, 0.1) is 12.7 Å². The summed E-state index contributed by atoms with van der Waals surface area (Å²) >= 11 is 0. The number of aliphatic carboxylic acids is 1. The molecule has 0 bridgehead atoms. The zero-order valence-electron chi connectivity index (χ0n) is 6.63. The predicted octanol–water partition coefficient (Wildman–Crippen LogP) is -1.68. The van der Waals surface area contributed by atoms with Crippen LogP contribution < -0.4 is 0 Å². The van der Waals surface area contributed by atoms with Gasteiger partial charge >= 0.3 is 22.1 Å². The Hall–Kier alpha value is -1.15. The Morgan fingerprint density at radius 2 is 1.92 bits per heavy atom. The lowest BCUT2D eigenvalue weighted by Gasteiger charge is -2.03. The van der Waals surface area contributed by atoms with Gasteiger partial charge in [0, 0.05) is 0 Å². The van der Waals surface area contributed by atoms with E-state index in [9.17, 15) is 18.0 Å². The first-order valence-electron chi connectivity index (χ1n) is 3.05. The first kappa shape index (κ1) is 11.8. The maximum absolute atomic E-state index is 10.5. The van der Waals surface area contributed by atoms with Crippen molar-refractivity contribution in [3.63, 3.8) is 0 Å². The summed E-state index contributed by atoms with van der Waals surface area (Å²) in [5, 5.41) is 16.7. The van der Waals surface area contributed by atoms with Gasteiger partial charge in [0.15, 0.2) is 6.10 Å². The van der Waals surface area contributed by atoms with Gasteiger partial charge in [-0.25, -0.2) is 4.79 Å². The molecular formula is C5H8O7S. The summed E-state index contributed by atoms with van der Waals surface area (Å²) in [4.78, 5) is 20.5. The van der Waals surface area contributed by atoms with E-state index < -0.39 is 34.6 Å². The molecule has 0 radical (unpaired) electrons. The third kappa shape index (κ3) is 6.05. The minimum Gasteiger partial charge on any atom is -0.479 e. The van der Waals surface area contributed by atoms with E-state index in [0.29, 0.717) is 6.26 Å². The number of carboxylic acid groups (broad SMARTS) is 1. The number of hydrogen-bond acceptors (Lipinski definition) is 6. The van der Waals surface area contributed by atoms with Crippen molar-refractivity contribution in [2.24, 2.45) is 0 Å². The van der Waals surface area contributed by atoms with E-state index in [4.69, 9.17) is 10.2 Å². The van der Waals surface area contributed by atoms with E-state index in [1.165, 1.54) is 0 Å². The van der Waals surface area contributed by atoms with Crippen molar-refractivity contribution in [1.29, 1.82) is 0 Å². The van der Waals surface area contributed by atoms with Gasteiger partial charge in [-0.3, -0.25) is 4.79 Å². The Labute approximate surface area is 74.1 Å². The summed E-state index contributed by atoms with van der Waals surface area (Å²) < 4.78 is 24.4. The van der Waals surface area contributed by atoms with Crippen LogP contribution in [0.15, 0.2) is 0 Å². The van der Waals surface area contributed by atoms with Crippen molar-refractivity contribution < 1.29 is 32.4 Å². The molecule has 0 spiro atoms. The molecule has 8 heteroatoms. The highest BCUT2D eigenvalue weighted by Crippen LogP contribution is 1.97. The summed E-state index contributed by atoms with van der Waals surface area (Å²) in [5.41, 5.74) is 0. The first-order valence-corrected chi connectivity index (χ1v) is 4.87. The van der Waals surface area contributed by atoms with Crippen LogP contribution in [-0.2, 0) is 23.9 Å². The van der Waals surface area contributed by atoms with Crippen molar-refractivity contribution in [3.8, 4) is 0 Å². The second-order valence-corrected chi connectivity index (χ2v) is 3.79. The van der Waals surface area contributed by atoms with E-state index >= 15 is 0 Å². The predicted molar refractivity (Wildman–Crippen MR) is 39.2 cm³/mol. The van der Waals surface area contributed by atoms with Crippen molar-refractivity contribution >= 4 is 22.1 Å². The number of hydrogen-bond donors (Lipinski definition) is 2. The number of rotatable bonds is 4. The third-order valence-electron chi connectivity index (χ3n) is 0.889. The Balaban J connectivity index is 4.11. The Bertz CT molecular complexity index is 303. The molecule has 0 saturated heterocycles. The van der Waals surface area contributed by atoms with Crippen molar-refractivity contribution in [2.45, 2.75) is 12.5 Å². The Kier molecular flexibility index (Phi) is 3.82.